The van der Waals surface area contributed by atoms with Crippen molar-refractivity contribution >= 4 is 17.2 Å². The minimum absolute atomic E-state index is 0.0318. The Morgan fingerprint density at radius 1 is 1.39 bits per heavy atom. The molecule has 0 saturated carbocycles. The van der Waals surface area contributed by atoms with Crippen LogP contribution < -0.4 is 5.32 Å². The van der Waals surface area contributed by atoms with E-state index in [0.29, 0.717) is 5.69 Å². The quantitative estimate of drug-likeness (QED) is 0.694. The van der Waals surface area contributed by atoms with E-state index in [1.807, 2.05) is 45.6 Å². The zero-order valence-electron chi connectivity index (χ0n) is 16.3. The van der Waals surface area contributed by atoms with Crippen LogP contribution >= 0.6 is 11.3 Å². The second-order valence-corrected chi connectivity index (χ2v) is 8.00. The van der Waals surface area contributed by atoms with E-state index in [4.69, 9.17) is 0 Å². The van der Waals surface area contributed by atoms with E-state index in [1.54, 1.807) is 0 Å². The molecule has 0 aliphatic carbocycles. The van der Waals surface area contributed by atoms with Crippen LogP contribution in [0.3, 0.4) is 0 Å². The SMILES string of the molecule is CCCN(C(=O)c1csc(-c2cnn(-c3ccccc3C)c2)n1)[C@H]1CCNC1. The molecule has 1 aromatic carbocycles. The average molecular weight is 396 g/mol. The number of para-hydroxylation sites is 1. The van der Waals surface area contributed by atoms with Gasteiger partial charge in [-0.2, -0.15) is 5.10 Å². The molecular formula is C21H25N5OS. The topological polar surface area (TPSA) is 63.1 Å². The number of benzene rings is 1. The molecule has 1 amide bonds. The number of aromatic nitrogens is 3. The summed E-state index contributed by atoms with van der Waals surface area (Å²) < 4.78 is 1.86. The first kappa shape index (κ1) is 18.8. The van der Waals surface area contributed by atoms with Crippen molar-refractivity contribution in [2.45, 2.75) is 32.7 Å². The highest BCUT2D eigenvalue weighted by Crippen LogP contribution is 2.26. The Labute approximate surface area is 169 Å². The second kappa shape index (κ2) is 8.24. The average Bonchev–Trinajstić information content (AvgIpc) is 3.47. The molecule has 0 radical (unpaired) electrons. The predicted molar refractivity (Wildman–Crippen MR) is 112 cm³/mol. The van der Waals surface area contributed by atoms with Gasteiger partial charge in [-0.15, -0.1) is 11.3 Å². The molecular weight excluding hydrogens is 370 g/mol. The van der Waals surface area contributed by atoms with Crippen molar-refractivity contribution in [2.24, 2.45) is 0 Å². The highest BCUT2D eigenvalue weighted by molar-refractivity contribution is 7.13. The lowest BCUT2D eigenvalue weighted by molar-refractivity contribution is 0.0687. The van der Waals surface area contributed by atoms with Crippen LogP contribution in [0.2, 0.25) is 0 Å². The molecule has 1 aliphatic heterocycles. The molecule has 1 saturated heterocycles. The van der Waals surface area contributed by atoms with E-state index in [9.17, 15) is 4.79 Å². The minimum atomic E-state index is 0.0318. The Morgan fingerprint density at radius 2 is 2.25 bits per heavy atom. The highest BCUT2D eigenvalue weighted by atomic mass is 32.1. The molecule has 1 atom stereocenters. The molecule has 2 aromatic heterocycles. The number of thiazole rings is 1. The summed E-state index contributed by atoms with van der Waals surface area (Å²) in [6.07, 6.45) is 5.73. The molecule has 0 unspecified atom stereocenters. The smallest absolute Gasteiger partial charge is 0.273 e. The van der Waals surface area contributed by atoms with Crippen molar-refractivity contribution in [1.29, 1.82) is 0 Å². The maximum atomic E-state index is 13.1. The number of aryl methyl sites for hydroxylation is 1. The van der Waals surface area contributed by atoms with Crippen molar-refractivity contribution in [3.8, 4) is 16.3 Å². The van der Waals surface area contributed by atoms with E-state index < -0.39 is 0 Å². The summed E-state index contributed by atoms with van der Waals surface area (Å²) in [6, 6.07) is 8.40. The number of nitrogens with one attached hydrogen (secondary N) is 1. The largest absolute Gasteiger partial charge is 0.333 e. The third-order valence-corrected chi connectivity index (χ3v) is 6.01. The molecule has 7 heteroatoms. The van der Waals surface area contributed by atoms with Gasteiger partial charge in [0.25, 0.3) is 5.91 Å². The Kier molecular flexibility index (Phi) is 5.54. The number of amides is 1. The van der Waals surface area contributed by atoms with Crippen LogP contribution in [0.4, 0.5) is 0 Å². The van der Waals surface area contributed by atoms with E-state index in [2.05, 4.69) is 35.3 Å². The monoisotopic (exact) mass is 395 g/mol. The Balaban J connectivity index is 1.56. The summed E-state index contributed by atoms with van der Waals surface area (Å²) in [5.41, 5.74) is 3.66. The molecule has 3 aromatic rings. The highest BCUT2D eigenvalue weighted by Gasteiger charge is 2.28. The maximum absolute atomic E-state index is 13.1. The fourth-order valence-electron chi connectivity index (χ4n) is 3.63. The number of hydrogen-bond donors (Lipinski definition) is 1. The van der Waals surface area contributed by atoms with Gasteiger partial charge in [0.05, 0.1) is 11.9 Å². The van der Waals surface area contributed by atoms with Crippen LogP contribution in [0.1, 0.15) is 35.8 Å². The normalized spacial score (nSPS) is 16.4. The molecule has 6 nitrogen and oxygen atoms in total. The minimum Gasteiger partial charge on any atom is -0.333 e. The molecule has 28 heavy (non-hydrogen) atoms. The van der Waals surface area contributed by atoms with E-state index in [0.717, 1.165) is 54.3 Å². The molecule has 4 rings (SSSR count). The van der Waals surface area contributed by atoms with Gasteiger partial charge in [-0.05, 0) is 37.9 Å². The van der Waals surface area contributed by atoms with Crippen LogP contribution in [0, 0.1) is 6.92 Å². The number of nitrogens with zero attached hydrogens (tertiary/aromatic N) is 4. The molecule has 1 fully saturated rings. The third kappa shape index (κ3) is 3.72. The number of carbonyl (C=O) groups excluding carboxylic acids is 1. The first-order valence-corrected chi connectivity index (χ1v) is 10.6. The number of rotatable bonds is 6. The fourth-order valence-corrected chi connectivity index (χ4v) is 4.40. The summed E-state index contributed by atoms with van der Waals surface area (Å²) in [7, 11) is 0. The van der Waals surface area contributed by atoms with Crippen molar-refractivity contribution in [2.75, 3.05) is 19.6 Å². The molecule has 146 valence electrons. The zero-order valence-corrected chi connectivity index (χ0v) is 17.1. The molecule has 1 N–H and O–H groups in total. The second-order valence-electron chi connectivity index (χ2n) is 7.14. The van der Waals surface area contributed by atoms with E-state index in [-0.39, 0.29) is 11.9 Å². The molecule has 0 spiro atoms. The fraction of sp³-hybridized carbons (Fsp3) is 0.381. The summed E-state index contributed by atoms with van der Waals surface area (Å²) in [6.45, 7) is 6.78. The van der Waals surface area contributed by atoms with Gasteiger partial charge in [0.1, 0.15) is 10.7 Å². The lowest BCUT2D eigenvalue weighted by Gasteiger charge is -2.27. The predicted octanol–water partition coefficient (Wildman–Crippen LogP) is 3.52. The van der Waals surface area contributed by atoms with Gasteiger partial charge >= 0.3 is 0 Å². The summed E-state index contributed by atoms with van der Waals surface area (Å²) >= 11 is 1.49. The number of carbonyl (C=O) groups is 1. The van der Waals surface area contributed by atoms with Crippen LogP contribution in [0.5, 0.6) is 0 Å². The Bertz CT molecular complexity index is 957. The van der Waals surface area contributed by atoms with Crippen LogP contribution in [-0.4, -0.2) is 51.2 Å². The van der Waals surface area contributed by atoms with E-state index in [1.165, 1.54) is 11.3 Å². The van der Waals surface area contributed by atoms with Gasteiger partial charge in [-0.25, -0.2) is 9.67 Å². The van der Waals surface area contributed by atoms with Crippen molar-refractivity contribution in [3.05, 3.63) is 53.3 Å². The lowest BCUT2D eigenvalue weighted by atomic mass is 10.2. The van der Waals surface area contributed by atoms with Gasteiger partial charge in [0.2, 0.25) is 0 Å². The zero-order chi connectivity index (χ0) is 19.5. The van der Waals surface area contributed by atoms with Gasteiger partial charge in [-0.1, -0.05) is 25.1 Å². The van der Waals surface area contributed by atoms with Crippen LogP contribution in [0.15, 0.2) is 42.0 Å². The van der Waals surface area contributed by atoms with Crippen molar-refractivity contribution in [1.82, 2.24) is 25.0 Å². The molecule has 1 aliphatic rings. The van der Waals surface area contributed by atoms with Gasteiger partial charge < -0.3 is 10.2 Å². The Hall–Kier alpha value is -2.51. The summed E-state index contributed by atoms with van der Waals surface area (Å²) in [4.78, 5) is 19.7. The summed E-state index contributed by atoms with van der Waals surface area (Å²) in [5, 5.41) is 10.5. The Morgan fingerprint density at radius 3 is 3.00 bits per heavy atom. The first-order chi connectivity index (χ1) is 13.7. The molecule has 3 heterocycles. The van der Waals surface area contributed by atoms with Gasteiger partial charge in [0.15, 0.2) is 0 Å². The summed E-state index contributed by atoms with van der Waals surface area (Å²) in [5.74, 6) is 0.0318. The van der Waals surface area contributed by atoms with Crippen molar-refractivity contribution < 1.29 is 4.79 Å². The first-order valence-electron chi connectivity index (χ1n) is 9.75. The maximum Gasteiger partial charge on any atom is 0.273 e. The van der Waals surface area contributed by atoms with E-state index >= 15 is 0 Å². The van der Waals surface area contributed by atoms with Crippen LogP contribution in [-0.2, 0) is 0 Å². The van der Waals surface area contributed by atoms with Crippen LogP contribution in [0.25, 0.3) is 16.3 Å². The standard InChI is InChI=1S/C21H25N5OS/c1-3-10-25(17-8-9-22-12-17)21(27)18-14-28-20(24-18)16-11-23-26(13-16)19-7-5-4-6-15(19)2/h4-7,11,13-14,17,22H,3,8-10,12H2,1-2H3/t17-/m0/s1. The lowest BCUT2D eigenvalue weighted by Crippen LogP contribution is -2.42. The van der Waals surface area contributed by atoms with Gasteiger partial charge in [-0.3, -0.25) is 4.79 Å². The third-order valence-electron chi connectivity index (χ3n) is 5.12. The number of hydrogen-bond acceptors (Lipinski definition) is 5. The van der Waals surface area contributed by atoms with Gasteiger partial charge in [0, 0.05) is 36.3 Å². The van der Waals surface area contributed by atoms with Crippen molar-refractivity contribution in [3.63, 3.8) is 0 Å². The molecule has 0 bridgehead atoms.